The van der Waals surface area contributed by atoms with Gasteiger partial charge in [-0.15, -0.1) is 0 Å². The third-order valence-corrected chi connectivity index (χ3v) is 2.64. The van der Waals surface area contributed by atoms with Crippen molar-refractivity contribution in [3.63, 3.8) is 0 Å². The quantitative estimate of drug-likeness (QED) is 0.465. The molecule has 6 heteroatoms. The fourth-order valence-corrected chi connectivity index (χ4v) is 1.76. The molecule has 1 aliphatic rings. The average Bonchev–Trinajstić information content (AvgIpc) is 2.45. The van der Waals surface area contributed by atoms with Crippen LogP contribution in [-0.2, 0) is 20.9 Å². The number of rotatable bonds is 4. The van der Waals surface area contributed by atoms with Gasteiger partial charge in [0.1, 0.15) is 11.5 Å². The van der Waals surface area contributed by atoms with Gasteiger partial charge in [-0.05, 0) is 19.1 Å². The molecule has 0 fully saturated rings. The largest absolute Gasteiger partial charge is 0.496 e. The van der Waals surface area contributed by atoms with Crippen LogP contribution in [0.5, 0.6) is 11.5 Å². The minimum absolute atomic E-state index is 0.117. The first-order valence-electron chi connectivity index (χ1n) is 5.80. The van der Waals surface area contributed by atoms with E-state index in [9.17, 15) is 9.59 Å². The summed E-state index contributed by atoms with van der Waals surface area (Å²) in [6, 6.07) is 3.11. The molecular weight excluding hydrogens is 252 g/mol. The lowest BCUT2D eigenvalue weighted by atomic mass is 10.1. The fourth-order valence-electron chi connectivity index (χ4n) is 1.76. The highest BCUT2D eigenvalue weighted by Gasteiger charge is 2.25. The second-order valence-corrected chi connectivity index (χ2v) is 3.82. The molecule has 6 nitrogen and oxygen atoms in total. The van der Waals surface area contributed by atoms with E-state index in [1.807, 2.05) is 0 Å². The van der Waals surface area contributed by atoms with Gasteiger partial charge in [0.25, 0.3) is 5.78 Å². The number of methoxy groups -OCH3 is 1. The number of carbonyl (C=O) groups is 2. The zero-order valence-corrected chi connectivity index (χ0v) is 10.7. The van der Waals surface area contributed by atoms with E-state index in [1.54, 1.807) is 13.0 Å². The number of carbonyl (C=O) groups excluding carboxylic acids is 2. The maximum Gasteiger partial charge on any atom is 0.379 e. The van der Waals surface area contributed by atoms with Crippen LogP contribution in [0, 0.1) is 0 Å². The number of hydrogen-bond acceptors (Lipinski definition) is 6. The molecule has 19 heavy (non-hydrogen) atoms. The van der Waals surface area contributed by atoms with Crippen LogP contribution in [0.4, 0.5) is 0 Å². The lowest BCUT2D eigenvalue weighted by molar-refractivity contribution is -0.137. The predicted molar refractivity (Wildman–Crippen MR) is 64.2 cm³/mol. The van der Waals surface area contributed by atoms with Crippen molar-refractivity contribution in [1.82, 2.24) is 0 Å². The Hall–Kier alpha value is -2.08. The van der Waals surface area contributed by atoms with E-state index in [2.05, 4.69) is 0 Å². The van der Waals surface area contributed by atoms with Gasteiger partial charge in [0.2, 0.25) is 0 Å². The molecule has 1 aromatic rings. The Kier molecular flexibility index (Phi) is 4.01. The number of benzene rings is 1. The van der Waals surface area contributed by atoms with Gasteiger partial charge in [-0.1, -0.05) is 0 Å². The highest BCUT2D eigenvalue weighted by molar-refractivity contribution is 6.41. The van der Waals surface area contributed by atoms with E-state index >= 15 is 0 Å². The Morgan fingerprint density at radius 3 is 2.84 bits per heavy atom. The van der Waals surface area contributed by atoms with Crippen molar-refractivity contribution >= 4 is 11.8 Å². The third kappa shape index (κ3) is 2.68. The van der Waals surface area contributed by atoms with Crippen LogP contribution in [-0.4, -0.2) is 32.3 Å². The molecule has 1 aromatic carbocycles. The second kappa shape index (κ2) is 5.71. The number of Topliss-reactive ketones (excluding diaryl/α,β-unsaturated/α-hetero) is 1. The van der Waals surface area contributed by atoms with Crippen molar-refractivity contribution in [3.05, 3.63) is 23.3 Å². The summed E-state index contributed by atoms with van der Waals surface area (Å²) in [6.45, 7) is 2.27. The number of fused-ring (bicyclic) bond motifs is 1. The van der Waals surface area contributed by atoms with E-state index in [1.165, 1.54) is 13.2 Å². The van der Waals surface area contributed by atoms with Crippen LogP contribution in [0.15, 0.2) is 12.1 Å². The second-order valence-electron chi connectivity index (χ2n) is 3.82. The normalized spacial score (nSPS) is 13.2. The van der Waals surface area contributed by atoms with Crippen LogP contribution in [0.3, 0.4) is 0 Å². The molecule has 0 atom stereocenters. The highest BCUT2D eigenvalue weighted by atomic mass is 16.7. The van der Waals surface area contributed by atoms with Crippen molar-refractivity contribution in [3.8, 4) is 11.5 Å². The molecular formula is C13H14O6. The summed E-state index contributed by atoms with van der Waals surface area (Å²) in [5, 5.41) is 0. The molecule has 0 bridgehead atoms. The molecule has 2 rings (SSSR count). The first-order chi connectivity index (χ1) is 9.17. The van der Waals surface area contributed by atoms with Crippen molar-refractivity contribution < 1.29 is 28.5 Å². The molecule has 0 N–H and O–H groups in total. The predicted octanol–water partition coefficient (Wildman–Crippen LogP) is 1.31. The minimum atomic E-state index is -0.909. The number of esters is 1. The summed E-state index contributed by atoms with van der Waals surface area (Å²) in [5.74, 6) is -0.852. The number of ketones is 1. The molecule has 0 radical (unpaired) electrons. The molecule has 0 saturated carbocycles. The van der Waals surface area contributed by atoms with Crippen molar-refractivity contribution in [2.45, 2.75) is 13.5 Å². The lowest BCUT2D eigenvalue weighted by Gasteiger charge is -2.19. The van der Waals surface area contributed by atoms with Crippen molar-refractivity contribution in [1.29, 1.82) is 0 Å². The van der Waals surface area contributed by atoms with E-state index < -0.39 is 11.8 Å². The minimum Gasteiger partial charge on any atom is -0.496 e. The maximum atomic E-state index is 12.0. The first-order valence-corrected chi connectivity index (χ1v) is 5.80. The van der Waals surface area contributed by atoms with Gasteiger partial charge in [0.15, 0.2) is 6.79 Å². The van der Waals surface area contributed by atoms with Crippen LogP contribution >= 0.6 is 0 Å². The van der Waals surface area contributed by atoms with Gasteiger partial charge in [-0.3, -0.25) is 4.79 Å². The van der Waals surface area contributed by atoms with Gasteiger partial charge in [0.05, 0.1) is 25.9 Å². The highest BCUT2D eigenvalue weighted by Crippen LogP contribution is 2.32. The average molecular weight is 266 g/mol. The Morgan fingerprint density at radius 2 is 2.16 bits per heavy atom. The standard InChI is InChI=1S/C13H14O6/c1-3-18-13(15)12(14)9-5-10-8(4-11(9)16-2)6-17-7-19-10/h4-5H,3,6-7H2,1-2H3. The van der Waals surface area contributed by atoms with Crippen molar-refractivity contribution in [2.75, 3.05) is 20.5 Å². The zero-order chi connectivity index (χ0) is 13.8. The molecule has 0 aromatic heterocycles. The number of hydrogen-bond donors (Lipinski definition) is 0. The summed E-state index contributed by atoms with van der Waals surface area (Å²) in [5.41, 5.74) is 0.894. The lowest BCUT2D eigenvalue weighted by Crippen LogP contribution is -2.19. The Labute approximate surface area is 110 Å². The summed E-state index contributed by atoms with van der Waals surface area (Å²) in [4.78, 5) is 23.4. The van der Waals surface area contributed by atoms with Gasteiger partial charge in [0, 0.05) is 5.56 Å². The van der Waals surface area contributed by atoms with E-state index in [-0.39, 0.29) is 19.0 Å². The molecule has 1 heterocycles. The Balaban J connectivity index is 2.38. The van der Waals surface area contributed by atoms with Crippen LogP contribution in [0.2, 0.25) is 0 Å². The first kappa shape index (κ1) is 13.4. The monoisotopic (exact) mass is 266 g/mol. The Morgan fingerprint density at radius 1 is 1.37 bits per heavy atom. The van der Waals surface area contributed by atoms with Crippen molar-refractivity contribution in [2.24, 2.45) is 0 Å². The fraction of sp³-hybridized carbons (Fsp3) is 0.385. The van der Waals surface area contributed by atoms with E-state index in [0.29, 0.717) is 18.1 Å². The van der Waals surface area contributed by atoms with Gasteiger partial charge in [-0.25, -0.2) is 4.79 Å². The summed E-state index contributed by atoms with van der Waals surface area (Å²) in [7, 11) is 1.42. The van der Waals surface area contributed by atoms with Crippen LogP contribution < -0.4 is 9.47 Å². The molecule has 0 amide bonds. The van der Waals surface area contributed by atoms with Gasteiger partial charge >= 0.3 is 5.97 Å². The topological polar surface area (TPSA) is 71.1 Å². The number of ether oxygens (including phenoxy) is 4. The van der Waals surface area contributed by atoms with E-state index in [4.69, 9.17) is 18.9 Å². The zero-order valence-electron chi connectivity index (χ0n) is 10.7. The molecule has 0 aliphatic carbocycles. The summed E-state index contributed by atoms with van der Waals surface area (Å²) in [6.07, 6.45) is 0. The molecule has 1 aliphatic heterocycles. The molecule has 102 valence electrons. The Bertz CT molecular complexity index is 508. The van der Waals surface area contributed by atoms with Gasteiger partial charge in [-0.2, -0.15) is 0 Å². The summed E-state index contributed by atoms with van der Waals surface area (Å²) >= 11 is 0. The molecule has 0 saturated heterocycles. The van der Waals surface area contributed by atoms with Crippen LogP contribution in [0.25, 0.3) is 0 Å². The molecule has 0 unspecified atom stereocenters. The maximum absolute atomic E-state index is 12.0. The third-order valence-electron chi connectivity index (χ3n) is 2.64. The van der Waals surface area contributed by atoms with Crippen LogP contribution in [0.1, 0.15) is 22.8 Å². The SMILES string of the molecule is CCOC(=O)C(=O)c1cc2c(cc1OC)COCO2. The smallest absolute Gasteiger partial charge is 0.379 e. The molecule has 0 spiro atoms. The summed E-state index contributed by atoms with van der Waals surface area (Å²) < 4.78 is 20.2. The van der Waals surface area contributed by atoms with E-state index in [0.717, 1.165) is 5.56 Å². The van der Waals surface area contributed by atoms with Gasteiger partial charge < -0.3 is 18.9 Å².